The third-order valence-electron chi connectivity index (χ3n) is 2.28. The zero-order valence-corrected chi connectivity index (χ0v) is 9.98. The SMILES string of the molecule is CCC(O)C(SCc1ccccc1)C(=O)O. The van der Waals surface area contributed by atoms with E-state index in [9.17, 15) is 9.90 Å². The maximum Gasteiger partial charge on any atom is 0.319 e. The van der Waals surface area contributed by atoms with Gasteiger partial charge in [0, 0.05) is 5.75 Å². The van der Waals surface area contributed by atoms with E-state index in [0.717, 1.165) is 5.56 Å². The van der Waals surface area contributed by atoms with Crippen LogP contribution in [0.15, 0.2) is 30.3 Å². The van der Waals surface area contributed by atoms with Gasteiger partial charge in [0.2, 0.25) is 0 Å². The maximum absolute atomic E-state index is 10.9. The van der Waals surface area contributed by atoms with Gasteiger partial charge in [-0.25, -0.2) is 0 Å². The molecule has 0 aliphatic carbocycles. The number of carboxylic acids is 1. The molecule has 0 amide bonds. The van der Waals surface area contributed by atoms with Gasteiger partial charge in [-0.3, -0.25) is 4.79 Å². The lowest BCUT2D eigenvalue weighted by Crippen LogP contribution is -2.30. The van der Waals surface area contributed by atoms with Crippen LogP contribution in [0.2, 0.25) is 0 Å². The number of hydrogen-bond donors (Lipinski definition) is 2. The number of hydrogen-bond acceptors (Lipinski definition) is 3. The fourth-order valence-electron chi connectivity index (χ4n) is 1.32. The first-order valence-corrected chi connectivity index (χ1v) is 6.26. The highest BCUT2D eigenvalue weighted by Crippen LogP contribution is 2.22. The first-order chi connectivity index (χ1) is 7.65. The van der Waals surface area contributed by atoms with E-state index in [-0.39, 0.29) is 0 Å². The minimum Gasteiger partial charge on any atom is -0.480 e. The molecule has 0 aromatic heterocycles. The van der Waals surface area contributed by atoms with E-state index in [1.165, 1.54) is 11.8 Å². The van der Waals surface area contributed by atoms with Crippen molar-refractivity contribution in [3.8, 4) is 0 Å². The maximum atomic E-state index is 10.9. The van der Waals surface area contributed by atoms with E-state index >= 15 is 0 Å². The Hall–Kier alpha value is -1.00. The molecule has 2 unspecified atom stereocenters. The molecule has 2 atom stereocenters. The lowest BCUT2D eigenvalue weighted by Gasteiger charge is -2.16. The molecule has 0 heterocycles. The molecule has 1 aromatic carbocycles. The highest BCUT2D eigenvalue weighted by atomic mass is 32.2. The summed E-state index contributed by atoms with van der Waals surface area (Å²) in [5.74, 6) is -0.343. The van der Waals surface area contributed by atoms with Crippen LogP contribution < -0.4 is 0 Å². The summed E-state index contributed by atoms with van der Waals surface area (Å²) in [6.07, 6.45) is -0.329. The van der Waals surface area contributed by atoms with Crippen LogP contribution in [0.25, 0.3) is 0 Å². The summed E-state index contributed by atoms with van der Waals surface area (Å²) in [4.78, 5) is 10.9. The highest BCUT2D eigenvalue weighted by Gasteiger charge is 2.25. The number of carbonyl (C=O) groups is 1. The molecule has 0 aliphatic heterocycles. The Morgan fingerprint density at radius 1 is 1.38 bits per heavy atom. The monoisotopic (exact) mass is 240 g/mol. The predicted octanol–water partition coefficient (Wildman–Crippen LogP) is 2.14. The normalized spacial score (nSPS) is 14.4. The number of aliphatic hydroxyl groups excluding tert-OH is 1. The van der Waals surface area contributed by atoms with Gasteiger partial charge >= 0.3 is 5.97 Å². The molecule has 16 heavy (non-hydrogen) atoms. The third kappa shape index (κ3) is 3.87. The molecule has 88 valence electrons. The van der Waals surface area contributed by atoms with Crippen LogP contribution in [0, 0.1) is 0 Å². The molecule has 0 aliphatic rings. The molecule has 0 bridgehead atoms. The highest BCUT2D eigenvalue weighted by molar-refractivity contribution is 7.99. The van der Waals surface area contributed by atoms with Crippen molar-refractivity contribution < 1.29 is 15.0 Å². The van der Waals surface area contributed by atoms with Gasteiger partial charge in [0.25, 0.3) is 0 Å². The van der Waals surface area contributed by atoms with Gasteiger partial charge in [-0.1, -0.05) is 37.3 Å². The fourth-order valence-corrected chi connectivity index (χ4v) is 2.44. The van der Waals surface area contributed by atoms with E-state index in [1.807, 2.05) is 30.3 Å². The Morgan fingerprint density at radius 2 is 2.00 bits per heavy atom. The van der Waals surface area contributed by atoms with Crippen molar-refractivity contribution in [1.82, 2.24) is 0 Å². The second-order valence-corrected chi connectivity index (χ2v) is 4.66. The van der Waals surface area contributed by atoms with Gasteiger partial charge in [-0.05, 0) is 12.0 Å². The van der Waals surface area contributed by atoms with Crippen molar-refractivity contribution in [3.05, 3.63) is 35.9 Å². The molecule has 3 nitrogen and oxygen atoms in total. The van der Waals surface area contributed by atoms with Gasteiger partial charge in [0.05, 0.1) is 6.10 Å². The van der Waals surface area contributed by atoms with Crippen molar-refractivity contribution in [1.29, 1.82) is 0 Å². The second kappa shape index (κ2) is 6.55. The van der Waals surface area contributed by atoms with Crippen molar-refractivity contribution in [2.45, 2.75) is 30.5 Å². The van der Waals surface area contributed by atoms with Crippen LogP contribution in [0.1, 0.15) is 18.9 Å². The molecule has 4 heteroatoms. The zero-order chi connectivity index (χ0) is 12.0. The second-order valence-electron chi connectivity index (χ2n) is 3.53. The van der Waals surface area contributed by atoms with Crippen LogP contribution >= 0.6 is 11.8 Å². The Balaban J connectivity index is 2.54. The van der Waals surface area contributed by atoms with Crippen LogP contribution in [-0.2, 0) is 10.5 Å². The molecular formula is C12H16O3S. The van der Waals surface area contributed by atoms with Gasteiger partial charge < -0.3 is 10.2 Å². The quantitative estimate of drug-likeness (QED) is 0.800. The standard InChI is InChI=1S/C12H16O3S/c1-2-10(13)11(12(14)15)16-8-9-6-4-3-5-7-9/h3-7,10-11,13H,2,8H2,1H3,(H,14,15). The first-order valence-electron chi connectivity index (χ1n) is 5.21. The van der Waals surface area contributed by atoms with Gasteiger partial charge in [-0.2, -0.15) is 0 Å². The average Bonchev–Trinajstić information content (AvgIpc) is 2.30. The summed E-state index contributed by atoms with van der Waals surface area (Å²) in [5.41, 5.74) is 1.07. The summed E-state index contributed by atoms with van der Waals surface area (Å²) in [6, 6.07) is 9.65. The topological polar surface area (TPSA) is 57.5 Å². The first kappa shape index (κ1) is 13.1. The molecule has 0 spiro atoms. The molecule has 0 saturated carbocycles. The van der Waals surface area contributed by atoms with E-state index < -0.39 is 17.3 Å². The number of aliphatic hydroxyl groups is 1. The summed E-state index contributed by atoms with van der Waals surface area (Å²) in [7, 11) is 0. The summed E-state index contributed by atoms with van der Waals surface area (Å²) in [5, 5.41) is 17.8. The smallest absolute Gasteiger partial charge is 0.319 e. The minimum absolute atomic E-state index is 0.457. The minimum atomic E-state index is -0.949. The molecule has 0 fully saturated rings. The molecule has 1 aromatic rings. The number of benzene rings is 1. The molecule has 1 rings (SSSR count). The van der Waals surface area contributed by atoms with Crippen molar-refractivity contribution in [2.24, 2.45) is 0 Å². The molecule has 2 N–H and O–H groups in total. The number of carboxylic acid groups (broad SMARTS) is 1. The van der Waals surface area contributed by atoms with E-state index in [1.54, 1.807) is 6.92 Å². The predicted molar refractivity (Wildman–Crippen MR) is 65.5 cm³/mol. The summed E-state index contributed by atoms with van der Waals surface area (Å²) < 4.78 is 0. The van der Waals surface area contributed by atoms with E-state index in [0.29, 0.717) is 12.2 Å². The number of thioether (sulfide) groups is 1. The van der Waals surface area contributed by atoms with Crippen LogP contribution in [0.3, 0.4) is 0 Å². The molecule has 0 saturated heterocycles. The molecule has 0 radical (unpaired) electrons. The Labute approximate surface area is 99.5 Å². The van der Waals surface area contributed by atoms with Crippen LogP contribution in [-0.4, -0.2) is 27.5 Å². The van der Waals surface area contributed by atoms with Crippen molar-refractivity contribution >= 4 is 17.7 Å². The Kier molecular flexibility index (Phi) is 5.35. The average molecular weight is 240 g/mol. The largest absolute Gasteiger partial charge is 0.480 e. The fraction of sp³-hybridized carbons (Fsp3) is 0.417. The third-order valence-corrected chi connectivity index (χ3v) is 3.66. The van der Waals surface area contributed by atoms with Crippen molar-refractivity contribution in [2.75, 3.05) is 0 Å². The van der Waals surface area contributed by atoms with Crippen LogP contribution in [0.5, 0.6) is 0 Å². The lowest BCUT2D eigenvalue weighted by molar-refractivity contribution is -0.138. The molecular weight excluding hydrogens is 224 g/mol. The summed E-state index contributed by atoms with van der Waals surface area (Å²) in [6.45, 7) is 1.78. The number of rotatable bonds is 6. The van der Waals surface area contributed by atoms with Gasteiger partial charge in [0.15, 0.2) is 0 Å². The number of aliphatic carboxylic acids is 1. The van der Waals surface area contributed by atoms with Gasteiger partial charge in [0.1, 0.15) is 5.25 Å². The zero-order valence-electron chi connectivity index (χ0n) is 9.17. The van der Waals surface area contributed by atoms with Crippen LogP contribution in [0.4, 0.5) is 0 Å². The van der Waals surface area contributed by atoms with E-state index in [4.69, 9.17) is 5.11 Å². The summed E-state index contributed by atoms with van der Waals surface area (Å²) >= 11 is 1.27. The van der Waals surface area contributed by atoms with Gasteiger partial charge in [-0.15, -0.1) is 11.8 Å². The Bertz CT molecular complexity index is 326. The Morgan fingerprint density at radius 3 is 2.50 bits per heavy atom. The van der Waals surface area contributed by atoms with E-state index in [2.05, 4.69) is 0 Å². The lowest BCUT2D eigenvalue weighted by atomic mass is 10.2. The van der Waals surface area contributed by atoms with Crippen molar-refractivity contribution in [3.63, 3.8) is 0 Å².